The summed E-state index contributed by atoms with van der Waals surface area (Å²) in [4.78, 5) is 2.24. The minimum Gasteiger partial charge on any atom is -0.310 e. The number of para-hydroxylation sites is 3. The maximum Gasteiger partial charge on any atom is 0.123 e. The summed E-state index contributed by atoms with van der Waals surface area (Å²) >= 11 is 0. The average molecular weight is 612 g/mol. The Hall–Kier alpha value is -6.20. The molecule has 0 aliphatic heterocycles. The molecule has 2 aromatic heterocycles. The van der Waals surface area contributed by atoms with Crippen molar-refractivity contribution in [2.75, 3.05) is 4.90 Å². The number of nitrogens with zero attached hydrogens (tertiary/aromatic N) is 3. The Morgan fingerprint density at radius 3 is 1.21 bits per heavy atom. The van der Waals surface area contributed by atoms with Gasteiger partial charge in [-0.05, 0) is 97.1 Å². The third kappa shape index (κ3) is 4.39. The van der Waals surface area contributed by atoms with Gasteiger partial charge < -0.3 is 14.0 Å². The van der Waals surface area contributed by atoms with Gasteiger partial charge in [-0.3, -0.25) is 0 Å². The van der Waals surface area contributed by atoms with Crippen LogP contribution in [0.25, 0.3) is 55.0 Å². The van der Waals surface area contributed by atoms with Crippen LogP contribution in [0.4, 0.5) is 25.8 Å². The highest BCUT2D eigenvalue weighted by Crippen LogP contribution is 2.42. The second-order valence-electron chi connectivity index (χ2n) is 11.7. The summed E-state index contributed by atoms with van der Waals surface area (Å²) in [5, 5.41) is 3.67. The molecule has 224 valence electrons. The summed E-state index contributed by atoms with van der Waals surface area (Å²) < 4.78 is 33.5. The fraction of sp³-hybridized carbons (Fsp3) is 0. The van der Waals surface area contributed by atoms with Gasteiger partial charge in [-0.25, -0.2) is 8.78 Å². The maximum absolute atomic E-state index is 14.6. The molecule has 0 radical (unpaired) electrons. The van der Waals surface area contributed by atoms with Gasteiger partial charge in [-0.2, -0.15) is 0 Å². The molecule has 0 saturated heterocycles. The summed E-state index contributed by atoms with van der Waals surface area (Å²) in [5.74, 6) is -0.525. The molecule has 2 heterocycles. The molecule has 0 aliphatic carbocycles. The van der Waals surface area contributed by atoms with Crippen LogP contribution in [0.5, 0.6) is 0 Å². The number of hydrogen-bond donors (Lipinski definition) is 0. The van der Waals surface area contributed by atoms with Gasteiger partial charge in [0, 0.05) is 50.0 Å². The van der Waals surface area contributed by atoms with Crippen molar-refractivity contribution in [3.63, 3.8) is 0 Å². The van der Waals surface area contributed by atoms with Crippen molar-refractivity contribution in [2.45, 2.75) is 0 Å². The molecule has 0 N–H and O–H groups in total. The predicted octanol–water partition coefficient (Wildman–Crippen LogP) is 11.6. The van der Waals surface area contributed by atoms with Crippen LogP contribution in [0.2, 0.25) is 0 Å². The third-order valence-corrected chi connectivity index (χ3v) is 8.98. The highest BCUT2D eigenvalue weighted by atomic mass is 19.1. The van der Waals surface area contributed by atoms with Crippen molar-refractivity contribution in [1.82, 2.24) is 9.13 Å². The summed E-state index contributed by atoms with van der Waals surface area (Å²) in [7, 11) is 0. The quantitative estimate of drug-likeness (QED) is 0.189. The number of anilines is 3. The minimum absolute atomic E-state index is 0.262. The third-order valence-electron chi connectivity index (χ3n) is 8.98. The summed E-state index contributed by atoms with van der Waals surface area (Å²) in [6.45, 7) is 0. The van der Waals surface area contributed by atoms with Crippen LogP contribution in [-0.4, -0.2) is 9.13 Å². The fourth-order valence-electron chi connectivity index (χ4n) is 6.98. The highest BCUT2D eigenvalue weighted by molar-refractivity contribution is 6.12. The first-order valence-electron chi connectivity index (χ1n) is 15.6. The van der Waals surface area contributed by atoms with Crippen LogP contribution < -0.4 is 4.90 Å². The molecule has 9 rings (SSSR count). The van der Waals surface area contributed by atoms with Crippen LogP contribution >= 0.6 is 0 Å². The molecule has 7 aromatic carbocycles. The highest BCUT2D eigenvalue weighted by Gasteiger charge is 2.20. The zero-order valence-electron chi connectivity index (χ0n) is 25.2. The SMILES string of the molecule is Fc1ccc2c(c1)c1ccc(N(c3ccccc3)c3ccc4c5cc(F)ccc5n(-c5ccccc5)c4c3)cc1n2-c1ccccc1. The Labute approximate surface area is 269 Å². The molecular weight excluding hydrogens is 584 g/mol. The van der Waals surface area contributed by atoms with Crippen molar-refractivity contribution in [3.8, 4) is 11.4 Å². The normalized spacial score (nSPS) is 11.6. The molecule has 5 heteroatoms. The number of benzene rings is 7. The van der Waals surface area contributed by atoms with E-state index in [1.807, 2.05) is 66.7 Å². The van der Waals surface area contributed by atoms with Crippen molar-refractivity contribution < 1.29 is 8.78 Å². The smallest absolute Gasteiger partial charge is 0.123 e. The van der Waals surface area contributed by atoms with Crippen LogP contribution in [-0.2, 0) is 0 Å². The topological polar surface area (TPSA) is 13.1 Å². The molecule has 0 bridgehead atoms. The van der Waals surface area contributed by atoms with E-state index >= 15 is 0 Å². The van der Waals surface area contributed by atoms with Crippen molar-refractivity contribution in [3.05, 3.63) is 175 Å². The first-order chi connectivity index (χ1) is 23.1. The predicted molar refractivity (Wildman–Crippen MR) is 190 cm³/mol. The van der Waals surface area contributed by atoms with Gasteiger partial charge in [0.1, 0.15) is 11.6 Å². The van der Waals surface area contributed by atoms with Gasteiger partial charge in [-0.1, -0.05) is 66.7 Å². The van der Waals surface area contributed by atoms with Gasteiger partial charge in [0.05, 0.1) is 22.1 Å². The monoisotopic (exact) mass is 611 g/mol. The van der Waals surface area contributed by atoms with E-state index in [0.29, 0.717) is 0 Å². The molecule has 0 fully saturated rings. The molecule has 47 heavy (non-hydrogen) atoms. The Balaban J connectivity index is 1.32. The first kappa shape index (κ1) is 27.1. The van der Waals surface area contributed by atoms with Gasteiger partial charge in [0.25, 0.3) is 0 Å². The van der Waals surface area contributed by atoms with E-state index < -0.39 is 0 Å². The van der Waals surface area contributed by atoms with E-state index in [1.54, 1.807) is 12.1 Å². The number of rotatable bonds is 5. The fourth-order valence-corrected chi connectivity index (χ4v) is 6.98. The number of aromatic nitrogens is 2. The lowest BCUT2D eigenvalue weighted by molar-refractivity contribution is 0.629. The summed E-state index contributed by atoms with van der Waals surface area (Å²) in [5.41, 5.74) is 8.75. The minimum atomic E-state index is -0.262. The zero-order chi connectivity index (χ0) is 31.5. The van der Waals surface area contributed by atoms with Crippen molar-refractivity contribution >= 4 is 60.7 Å². The lowest BCUT2D eigenvalue weighted by Gasteiger charge is -2.26. The Morgan fingerprint density at radius 1 is 0.340 bits per heavy atom. The number of fused-ring (bicyclic) bond motifs is 6. The molecule has 0 aliphatic rings. The lowest BCUT2D eigenvalue weighted by Crippen LogP contribution is -2.10. The molecule has 0 saturated carbocycles. The van der Waals surface area contributed by atoms with E-state index in [-0.39, 0.29) is 11.6 Å². The summed E-state index contributed by atoms with van der Waals surface area (Å²) in [6, 6.07) is 53.3. The summed E-state index contributed by atoms with van der Waals surface area (Å²) in [6.07, 6.45) is 0. The van der Waals surface area contributed by atoms with E-state index in [1.165, 1.54) is 12.1 Å². The second kappa shape index (κ2) is 10.7. The standard InChI is InChI=1S/C42H27F2N3/c43-28-16-22-39-37(24-28)35-20-18-33(26-41(35)46(39)31-12-6-2-7-13-31)45(30-10-4-1-5-11-30)34-19-21-36-38-25-29(44)17-23-40(38)47(42(36)27-34)32-14-8-3-9-15-32/h1-27H. The molecule has 0 unspecified atom stereocenters. The van der Waals surface area contributed by atoms with Crippen LogP contribution in [0.15, 0.2) is 164 Å². The van der Waals surface area contributed by atoms with Crippen LogP contribution in [0, 0.1) is 11.6 Å². The maximum atomic E-state index is 14.6. The van der Waals surface area contributed by atoms with Crippen molar-refractivity contribution in [2.24, 2.45) is 0 Å². The Morgan fingerprint density at radius 2 is 0.766 bits per heavy atom. The Bertz CT molecular complexity index is 2420. The molecule has 0 atom stereocenters. The van der Waals surface area contributed by atoms with Crippen molar-refractivity contribution in [1.29, 1.82) is 0 Å². The first-order valence-corrected chi connectivity index (χ1v) is 15.6. The average Bonchev–Trinajstić information content (AvgIpc) is 3.61. The molecule has 0 spiro atoms. The Kier molecular flexibility index (Phi) is 6.18. The van der Waals surface area contributed by atoms with E-state index in [0.717, 1.165) is 72.0 Å². The van der Waals surface area contributed by atoms with Gasteiger partial charge in [0.2, 0.25) is 0 Å². The zero-order valence-corrected chi connectivity index (χ0v) is 25.2. The van der Waals surface area contributed by atoms with Crippen LogP contribution in [0.1, 0.15) is 0 Å². The number of hydrogen-bond acceptors (Lipinski definition) is 1. The van der Waals surface area contributed by atoms with E-state index in [9.17, 15) is 8.78 Å². The molecule has 3 nitrogen and oxygen atoms in total. The van der Waals surface area contributed by atoms with Gasteiger partial charge >= 0.3 is 0 Å². The van der Waals surface area contributed by atoms with E-state index in [2.05, 4.69) is 86.8 Å². The van der Waals surface area contributed by atoms with Gasteiger partial charge in [-0.15, -0.1) is 0 Å². The molecular formula is C42H27F2N3. The molecule has 9 aromatic rings. The largest absolute Gasteiger partial charge is 0.310 e. The van der Waals surface area contributed by atoms with Crippen LogP contribution in [0.3, 0.4) is 0 Å². The lowest BCUT2D eigenvalue weighted by atomic mass is 10.1. The second-order valence-corrected chi connectivity index (χ2v) is 11.7. The molecule has 0 amide bonds. The van der Waals surface area contributed by atoms with E-state index in [4.69, 9.17) is 0 Å². The van der Waals surface area contributed by atoms with Gasteiger partial charge in [0.15, 0.2) is 0 Å². The number of halogens is 2.